The SMILES string of the molecule is CCCCn1c(CC)nc2c(c1=O)c1nc3ccccc3nc1n2-c1cccc(F)c1. The molecule has 31 heavy (non-hydrogen) atoms. The maximum absolute atomic E-state index is 14.1. The van der Waals surface area contributed by atoms with Crippen molar-refractivity contribution < 1.29 is 4.39 Å². The average Bonchev–Trinajstić information content (AvgIpc) is 3.09. The second kappa shape index (κ2) is 7.58. The van der Waals surface area contributed by atoms with E-state index in [-0.39, 0.29) is 11.4 Å². The summed E-state index contributed by atoms with van der Waals surface area (Å²) in [6, 6.07) is 13.8. The van der Waals surface area contributed by atoms with Gasteiger partial charge >= 0.3 is 0 Å². The highest BCUT2D eigenvalue weighted by molar-refractivity contribution is 6.05. The van der Waals surface area contributed by atoms with Crippen molar-refractivity contribution in [2.24, 2.45) is 0 Å². The Bertz CT molecular complexity index is 1500. The van der Waals surface area contributed by atoms with Crippen molar-refractivity contribution in [1.82, 2.24) is 24.1 Å². The average molecular weight is 415 g/mol. The third-order valence-electron chi connectivity index (χ3n) is 5.56. The Labute approximate surface area is 178 Å². The molecule has 0 radical (unpaired) electrons. The quantitative estimate of drug-likeness (QED) is 0.414. The highest BCUT2D eigenvalue weighted by Gasteiger charge is 2.22. The lowest BCUT2D eigenvalue weighted by Crippen LogP contribution is -2.25. The van der Waals surface area contributed by atoms with Crippen LogP contribution < -0.4 is 5.56 Å². The smallest absolute Gasteiger partial charge is 0.265 e. The van der Waals surface area contributed by atoms with E-state index in [4.69, 9.17) is 15.0 Å². The van der Waals surface area contributed by atoms with Crippen LogP contribution >= 0.6 is 0 Å². The number of unbranched alkanes of at least 4 members (excludes halogenated alkanes) is 1. The van der Waals surface area contributed by atoms with Gasteiger partial charge in [0.15, 0.2) is 11.3 Å². The van der Waals surface area contributed by atoms with Gasteiger partial charge in [0.2, 0.25) is 0 Å². The van der Waals surface area contributed by atoms with Gasteiger partial charge < -0.3 is 0 Å². The number of benzene rings is 2. The minimum Gasteiger partial charge on any atom is -0.296 e. The maximum Gasteiger partial charge on any atom is 0.265 e. The zero-order valence-corrected chi connectivity index (χ0v) is 17.5. The molecule has 0 amide bonds. The fraction of sp³-hybridized carbons (Fsp3) is 0.250. The van der Waals surface area contributed by atoms with Crippen LogP contribution in [0.25, 0.3) is 38.9 Å². The summed E-state index contributed by atoms with van der Waals surface area (Å²) in [6.07, 6.45) is 2.47. The number of nitrogens with zero attached hydrogens (tertiary/aromatic N) is 5. The second-order valence-corrected chi connectivity index (χ2v) is 7.59. The fourth-order valence-corrected chi connectivity index (χ4v) is 4.05. The summed E-state index contributed by atoms with van der Waals surface area (Å²) >= 11 is 0. The predicted molar refractivity (Wildman–Crippen MR) is 120 cm³/mol. The van der Waals surface area contributed by atoms with Crippen molar-refractivity contribution in [3.63, 3.8) is 0 Å². The molecule has 0 unspecified atom stereocenters. The van der Waals surface area contributed by atoms with Gasteiger partial charge in [0.05, 0.1) is 16.7 Å². The van der Waals surface area contributed by atoms with Gasteiger partial charge in [-0.1, -0.05) is 38.5 Å². The number of para-hydroxylation sites is 2. The van der Waals surface area contributed by atoms with Crippen molar-refractivity contribution in [3.8, 4) is 5.69 Å². The molecule has 0 saturated heterocycles. The molecule has 0 aliphatic rings. The molecule has 6 nitrogen and oxygen atoms in total. The third-order valence-corrected chi connectivity index (χ3v) is 5.56. The topological polar surface area (TPSA) is 65.6 Å². The molecular weight excluding hydrogens is 393 g/mol. The molecule has 7 heteroatoms. The summed E-state index contributed by atoms with van der Waals surface area (Å²) < 4.78 is 17.6. The first-order valence-corrected chi connectivity index (χ1v) is 10.6. The molecular formula is C24H22FN5O. The minimum absolute atomic E-state index is 0.125. The molecule has 0 aliphatic heterocycles. The number of rotatable bonds is 5. The first-order valence-electron chi connectivity index (χ1n) is 10.6. The normalized spacial score (nSPS) is 11.7. The van der Waals surface area contributed by atoms with Crippen LogP contribution in [0.4, 0.5) is 4.39 Å². The van der Waals surface area contributed by atoms with Crippen LogP contribution in [0.3, 0.4) is 0 Å². The molecule has 3 heterocycles. The van der Waals surface area contributed by atoms with E-state index in [0.29, 0.717) is 57.7 Å². The lowest BCUT2D eigenvalue weighted by atomic mass is 10.2. The standard InChI is InChI=1S/C24H22FN5O/c1-3-5-13-29-19(4-2)28-22-20(24(29)31)21-23(27-18-12-7-6-11-17(18)26-21)30(22)16-10-8-9-15(25)14-16/h6-12,14H,3-5,13H2,1-2H3. The van der Waals surface area contributed by atoms with E-state index in [1.165, 1.54) is 12.1 Å². The number of aryl methyl sites for hydroxylation is 1. The van der Waals surface area contributed by atoms with Crippen LogP contribution in [0.2, 0.25) is 0 Å². The number of hydrogen-bond donors (Lipinski definition) is 0. The lowest BCUT2D eigenvalue weighted by Gasteiger charge is -2.12. The summed E-state index contributed by atoms with van der Waals surface area (Å²) in [5.74, 6) is 0.337. The van der Waals surface area contributed by atoms with Crippen molar-refractivity contribution >= 4 is 33.2 Å². The first kappa shape index (κ1) is 19.4. The van der Waals surface area contributed by atoms with Gasteiger partial charge in [0.25, 0.3) is 5.56 Å². The monoisotopic (exact) mass is 415 g/mol. The number of halogens is 1. The Morgan fingerprint density at radius 2 is 1.71 bits per heavy atom. The zero-order valence-electron chi connectivity index (χ0n) is 17.5. The highest BCUT2D eigenvalue weighted by atomic mass is 19.1. The summed E-state index contributed by atoms with van der Waals surface area (Å²) in [6.45, 7) is 4.68. The minimum atomic E-state index is -0.367. The number of fused-ring (bicyclic) bond motifs is 4. The van der Waals surface area contributed by atoms with Gasteiger partial charge in [-0.3, -0.25) is 13.9 Å². The van der Waals surface area contributed by atoms with E-state index < -0.39 is 0 Å². The summed E-state index contributed by atoms with van der Waals surface area (Å²) in [5.41, 5.74) is 3.29. The Kier molecular flexibility index (Phi) is 4.73. The molecule has 0 N–H and O–H groups in total. The maximum atomic E-state index is 14.1. The van der Waals surface area contributed by atoms with Crippen molar-refractivity contribution in [2.75, 3.05) is 0 Å². The van der Waals surface area contributed by atoms with Crippen LogP contribution in [-0.4, -0.2) is 24.1 Å². The van der Waals surface area contributed by atoms with E-state index in [1.807, 2.05) is 31.2 Å². The van der Waals surface area contributed by atoms with E-state index in [1.54, 1.807) is 21.3 Å². The summed E-state index contributed by atoms with van der Waals surface area (Å²) in [5, 5.41) is 0.422. The zero-order chi connectivity index (χ0) is 21.5. The fourth-order valence-electron chi connectivity index (χ4n) is 4.05. The summed E-state index contributed by atoms with van der Waals surface area (Å²) in [4.78, 5) is 28.1. The second-order valence-electron chi connectivity index (χ2n) is 7.59. The molecule has 3 aromatic heterocycles. The van der Waals surface area contributed by atoms with Crippen molar-refractivity contribution in [3.05, 3.63) is 70.5 Å². The van der Waals surface area contributed by atoms with Crippen molar-refractivity contribution in [2.45, 2.75) is 39.7 Å². The molecule has 5 rings (SSSR count). The Balaban J connectivity index is 1.98. The van der Waals surface area contributed by atoms with Crippen LogP contribution in [0.1, 0.15) is 32.5 Å². The predicted octanol–water partition coefficient (Wildman–Crippen LogP) is 4.79. The molecule has 0 aliphatic carbocycles. The van der Waals surface area contributed by atoms with Gasteiger partial charge in [0, 0.05) is 13.0 Å². The van der Waals surface area contributed by atoms with Crippen LogP contribution in [0.15, 0.2) is 53.3 Å². The van der Waals surface area contributed by atoms with E-state index in [9.17, 15) is 9.18 Å². The molecule has 0 spiro atoms. The van der Waals surface area contributed by atoms with Gasteiger partial charge in [-0.05, 0) is 36.8 Å². The van der Waals surface area contributed by atoms with Crippen molar-refractivity contribution in [1.29, 1.82) is 0 Å². The Morgan fingerprint density at radius 3 is 2.42 bits per heavy atom. The Hall–Kier alpha value is -3.61. The third kappa shape index (κ3) is 3.08. The number of hydrogen-bond acceptors (Lipinski definition) is 4. The molecule has 0 atom stereocenters. The summed E-state index contributed by atoms with van der Waals surface area (Å²) in [7, 11) is 0. The van der Waals surface area contributed by atoms with E-state index >= 15 is 0 Å². The molecule has 0 fully saturated rings. The number of aromatic nitrogens is 5. The largest absolute Gasteiger partial charge is 0.296 e. The molecule has 156 valence electrons. The van der Waals surface area contributed by atoms with Crippen LogP contribution in [-0.2, 0) is 13.0 Å². The Morgan fingerprint density at radius 1 is 0.935 bits per heavy atom. The first-order chi connectivity index (χ1) is 15.1. The van der Waals surface area contributed by atoms with Crippen LogP contribution in [0.5, 0.6) is 0 Å². The van der Waals surface area contributed by atoms with E-state index in [0.717, 1.165) is 12.8 Å². The van der Waals surface area contributed by atoms with E-state index in [2.05, 4.69) is 6.92 Å². The molecule has 5 aromatic rings. The van der Waals surface area contributed by atoms with Gasteiger partial charge in [-0.25, -0.2) is 19.3 Å². The van der Waals surface area contributed by atoms with Gasteiger partial charge in [-0.15, -0.1) is 0 Å². The molecule has 2 aromatic carbocycles. The van der Waals surface area contributed by atoms with Crippen LogP contribution in [0, 0.1) is 5.82 Å². The highest BCUT2D eigenvalue weighted by Crippen LogP contribution is 2.29. The lowest BCUT2D eigenvalue weighted by molar-refractivity contribution is 0.579. The van der Waals surface area contributed by atoms with Gasteiger partial charge in [-0.2, -0.15) is 0 Å². The molecule has 0 saturated carbocycles. The van der Waals surface area contributed by atoms with Gasteiger partial charge in [0.1, 0.15) is 22.5 Å². The molecule has 0 bridgehead atoms.